The normalized spacial score (nSPS) is 25.2. The van der Waals surface area contributed by atoms with Gasteiger partial charge in [-0.25, -0.2) is 16.8 Å². The molecular weight excluding hydrogens is 432 g/mol. The molecule has 4 rings (SSSR count). The predicted molar refractivity (Wildman–Crippen MR) is 115 cm³/mol. The summed E-state index contributed by atoms with van der Waals surface area (Å²) >= 11 is 1.15. The smallest absolute Gasteiger partial charge is 0.193 e. The molecule has 1 aromatic heterocycles. The maximum Gasteiger partial charge on any atom is 0.193 e. The minimum absolute atomic E-state index is 0.0925. The molecule has 0 N–H and O–H groups in total. The highest BCUT2D eigenvalue weighted by atomic mass is 32.2. The molecule has 0 aliphatic carbocycles. The van der Waals surface area contributed by atoms with Crippen molar-refractivity contribution in [1.82, 2.24) is 4.90 Å². The van der Waals surface area contributed by atoms with Crippen LogP contribution in [0.2, 0.25) is 0 Å². The molecule has 0 amide bonds. The third kappa shape index (κ3) is 4.16. The van der Waals surface area contributed by atoms with Gasteiger partial charge in [-0.2, -0.15) is 0 Å². The molecule has 1 aromatic carbocycles. The van der Waals surface area contributed by atoms with Gasteiger partial charge in [0.2, 0.25) is 0 Å². The molecule has 0 unspecified atom stereocenters. The fourth-order valence-electron chi connectivity index (χ4n) is 4.11. The number of piperazine rings is 1. The molecule has 3 heterocycles. The minimum atomic E-state index is -3.67. The quantitative estimate of drug-likeness (QED) is 0.674. The molecule has 2 aliphatic rings. The topological polar surface area (TPSA) is 84.0 Å². The Morgan fingerprint density at radius 2 is 1.72 bits per heavy atom. The van der Waals surface area contributed by atoms with Crippen LogP contribution in [0.1, 0.15) is 0 Å². The molecule has 0 radical (unpaired) electrons. The number of anilines is 1. The van der Waals surface area contributed by atoms with E-state index < -0.39 is 31.0 Å². The monoisotopic (exact) mass is 456 g/mol. The summed E-state index contributed by atoms with van der Waals surface area (Å²) < 4.78 is 56.3. The van der Waals surface area contributed by atoms with E-state index in [4.69, 9.17) is 4.74 Å². The summed E-state index contributed by atoms with van der Waals surface area (Å²) in [6.07, 6.45) is 0. The van der Waals surface area contributed by atoms with Crippen molar-refractivity contribution in [1.29, 1.82) is 0 Å². The average Bonchev–Trinajstić information content (AvgIpc) is 3.37. The van der Waals surface area contributed by atoms with Gasteiger partial charge in [0.05, 0.1) is 23.9 Å². The van der Waals surface area contributed by atoms with Gasteiger partial charge in [0.25, 0.3) is 0 Å². The molecule has 2 fully saturated rings. The van der Waals surface area contributed by atoms with Crippen molar-refractivity contribution in [2.75, 3.05) is 49.7 Å². The van der Waals surface area contributed by atoms with E-state index in [1.54, 1.807) is 24.6 Å². The Bertz CT molecular complexity index is 1040. The maximum absolute atomic E-state index is 13.1. The zero-order valence-corrected chi connectivity index (χ0v) is 18.5. The van der Waals surface area contributed by atoms with Crippen molar-refractivity contribution in [3.05, 3.63) is 41.8 Å². The molecule has 7 nitrogen and oxygen atoms in total. The first kappa shape index (κ1) is 20.6. The Balaban J connectivity index is 1.50. The first-order chi connectivity index (χ1) is 13.8. The van der Waals surface area contributed by atoms with Crippen molar-refractivity contribution < 1.29 is 21.6 Å². The Morgan fingerprint density at radius 1 is 1.03 bits per heavy atom. The number of thiophene rings is 1. The highest BCUT2D eigenvalue weighted by Gasteiger charge is 2.48. The first-order valence-corrected chi connectivity index (χ1v) is 13.7. The Labute approximate surface area is 175 Å². The van der Waals surface area contributed by atoms with E-state index in [0.29, 0.717) is 26.2 Å². The molecule has 2 aromatic rings. The fraction of sp³-hybridized carbons (Fsp3) is 0.474. The van der Waals surface area contributed by atoms with Crippen LogP contribution in [0.25, 0.3) is 0 Å². The van der Waals surface area contributed by atoms with E-state index in [2.05, 4.69) is 4.90 Å². The SMILES string of the molecule is COc1ccc(N2CCN([C@H]3CS(=O)(=O)C[C@@H]3S(=O)(=O)c3cccs3)CC2)cc1. The third-order valence-corrected chi connectivity index (χ3v) is 11.2. The Hall–Kier alpha value is -1.62. The molecule has 0 bridgehead atoms. The van der Waals surface area contributed by atoms with Crippen LogP contribution in [-0.4, -0.2) is 77.8 Å². The molecule has 2 saturated heterocycles. The number of ether oxygens (including phenoxy) is 1. The van der Waals surface area contributed by atoms with Crippen molar-refractivity contribution >= 4 is 36.7 Å². The number of sulfone groups is 2. The second-order valence-corrected chi connectivity index (χ2v) is 12.9. The van der Waals surface area contributed by atoms with E-state index in [1.807, 2.05) is 29.2 Å². The third-order valence-electron chi connectivity index (χ3n) is 5.67. The number of nitrogens with zero attached hydrogens (tertiary/aromatic N) is 2. The summed E-state index contributed by atoms with van der Waals surface area (Å²) in [5.41, 5.74) is 1.08. The summed E-state index contributed by atoms with van der Waals surface area (Å²) in [7, 11) is -5.42. The molecule has 0 saturated carbocycles. The van der Waals surface area contributed by atoms with Crippen LogP contribution in [0.4, 0.5) is 5.69 Å². The molecule has 10 heteroatoms. The van der Waals surface area contributed by atoms with Crippen LogP contribution >= 0.6 is 11.3 Å². The standard InChI is InChI=1S/C19H24N2O5S3/c1-26-16-6-4-15(5-7-16)20-8-10-21(11-9-20)17-13-28(22,23)14-18(17)29(24,25)19-3-2-12-27-19/h2-7,12,17-18H,8-11,13-14H2,1H3/t17-,18-/m0/s1. The number of benzene rings is 1. The molecule has 29 heavy (non-hydrogen) atoms. The summed E-state index contributed by atoms with van der Waals surface area (Å²) in [6.45, 7) is 2.69. The average molecular weight is 457 g/mol. The molecule has 2 atom stereocenters. The van der Waals surface area contributed by atoms with Crippen molar-refractivity contribution in [2.24, 2.45) is 0 Å². The fourth-order valence-corrected chi connectivity index (χ4v) is 10.2. The van der Waals surface area contributed by atoms with Crippen LogP contribution in [-0.2, 0) is 19.7 Å². The van der Waals surface area contributed by atoms with E-state index >= 15 is 0 Å². The van der Waals surface area contributed by atoms with Gasteiger partial charge >= 0.3 is 0 Å². The Morgan fingerprint density at radius 3 is 2.31 bits per heavy atom. The lowest BCUT2D eigenvalue weighted by atomic mass is 10.1. The zero-order chi connectivity index (χ0) is 20.6. The molecule has 158 valence electrons. The van der Waals surface area contributed by atoms with Crippen LogP contribution in [0.3, 0.4) is 0 Å². The maximum atomic E-state index is 13.1. The van der Waals surface area contributed by atoms with Crippen molar-refractivity contribution in [2.45, 2.75) is 15.5 Å². The summed E-state index contributed by atoms with van der Waals surface area (Å²) in [6, 6.07) is 10.6. The van der Waals surface area contributed by atoms with Gasteiger partial charge in [-0.3, -0.25) is 4.90 Å². The first-order valence-electron chi connectivity index (χ1n) is 9.41. The Kier molecular flexibility index (Phi) is 5.62. The lowest BCUT2D eigenvalue weighted by Crippen LogP contribution is -2.54. The largest absolute Gasteiger partial charge is 0.497 e. The second-order valence-electron chi connectivity index (χ2n) is 7.38. The van der Waals surface area contributed by atoms with Gasteiger partial charge in [0.15, 0.2) is 19.7 Å². The van der Waals surface area contributed by atoms with Gasteiger partial charge in [0, 0.05) is 37.9 Å². The predicted octanol–water partition coefficient (Wildman–Crippen LogP) is 1.52. The summed E-state index contributed by atoms with van der Waals surface area (Å²) in [5, 5.41) is 0.803. The van der Waals surface area contributed by atoms with Gasteiger partial charge in [0.1, 0.15) is 9.96 Å². The van der Waals surface area contributed by atoms with Crippen LogP contribution < -0.4 is 9.64 Å². The lowest BCUT2D eigenvalue weighted by Gasteiger charge is -2.40. The van der Waals surface area contributed by atoms with E-state index in [-0.39, 0.29) is 15.7 Å². The van der Waals surface area contributed by atoms with E-state index in [1.165, 1.54) is 0 Å². The van der Waals surface area contributed by atoms with E-state index in [0.717, 1.165) is 22.8 Å². The van der Waals surface area contributed by atoms with Crippen LogP contribution in [0.15, 0.2) is 46.0 Å². The zero-order valence-electron chi connectivity index (χ0n) is 16.1. The van der Waals surface area contributed by atoms with Crippen molar-refractivity contribution in [3.63, 3.8) is 0 Å². The van der Waals surface area contributed by atoms with Crippen molar-refractivity contribution in [3.8, 4) is 5.75 Å². The summed E-state index contributed by atoms with van der Waals surface area (Å²) in [5.74, 6) is 0.409. The van der Waals surface area contributed by atoms with Gasteiger partial charge < -0.3 is 9.64 Å². The number of hydrogen-bond acceptors (Lipinski definition) is 8. The van der Waals surface area contributed by atoms with Gasteiger partial charge in [-0.15, -0.1) is 11.3 Å². The van der Waals surface area contributed by atoms with Crippen LogP contribution in [0.5, 0.6) is 5.75 Å². The molecule has 0 spiro atoms. The number of methoxy groups -OCH3 is 1. The van der Waals surface area contributed by atoms with Gasteiger partial charge in [-0.1, -0.05) is 6.07 Å². The van der Waals surface area contributed by atoms with Gasteiger partial charge in [-0.05, 0) is 35.7 Å². The van der Waals surface area contributed by atoms with Crippen LogP contribution in [0, 0.1) is 0 Å². The number of hydrogen-bond donors (Lipinski definition) is 0. The second kappa shape index (κ2) is 7.90. The number of rotatable bonds is 5. The summed E-state index contributed by atoms with van der Waals surface area (Å²) in [4.78, 5) is 4.27. The molecule has 2 aliphatic heterocycles. The highest BCUT2D eigenvalue weighted by Crippen LogP contribution is 2.32. The molecular formula is C19H24N2O5S3. The lowest BCUT2D eigenvalue weighted by molar-refractivity contribution is 0.202. The minimum Gasteiger partial charge on any atom is -0.497 e. The highest BCUT2D eigenvalue weighted by molar-refractivity contribution is 7.97. The van der Waals surface area contributed by atoms with E-state index in [9.17, 15) is 16.8 Å².